The molecule has 3 aliphatic rings. The molecule has 6 rings (SSSR count). The van der Waals surface area contributed by atoms with Gasteiger partial charge in [0, 0.05) is 30.8 Å². The van der Waals surface area contributed by atoms with Crippen molar-refractivity contribution < 1.29 is 13.5 Å². The number of hydrogen-bond donors (Lipinski definition) is 1. The lowest BCUT2D eigenvalue weighted by Gasteiger charge is -2.36. The number of likely N-dealkylation sites (tertiary alicyclic amines) is 1. The van der Waals surface area contributed by atoms with Crippen LogP contribution in [0, 0.1) is 5.82 Å². The molecule has 1 unspecified atom stereocenters. The summed E-state index contributed by atoms with van der Waals surface area (Å²) in [5.74, 6) is -0.0531. The molecule has 0 aromatic carbocycles. The minimum absolute atomic E-state index is 0. The fourth-order valence-electron chi connectivity index (χ4n) is 5.46. The number of ether oxygens (including phenoxy) is 1. The molecule has 0 amide bonds. The molecule has 12 heteroatoms. The van der Waals surface area contributed by atoms with E-state index in [0.717, 1.165) is 43.1 Å². The SMILES string of the molecule is Cl.Cl.O=c1ccc2ncc(F)c3c2n1CC3(F)CN1CCC(NCc2cc3c(nn2)OCCC3)CC1. The molecular weight excluding hydrogens is 513 g/mol. The van der Waals surface area contributed by atoms with Crippen molar-refractivity contribution in [1.82, 2.24) is 30.0 Å². The number of rotatable bonds is 5. The van der Waals surface area contributed by atoms with Crippen molar-refractivity contribution in [3.05, 3.63) is 57.4 Å². The number of halogens is 4. The third-order valence-electron chi connectivity index (χ3n) is 7.16. The molecule has 3 aliphatic heterocycles. The Morgan fingerprint density at radius 2 is 2.00 bits per heavy atom. The van der Waals surface area contributed by atoms with E-state index in [4.69, 9.17) is 4.74 Å². The molecule has 0 bridgehead atoms. The average molecular weight is 541 g/mol. The van der Waals surface area contributed by atoms with Crippen LogP contribution in [-0.4, -0.2) is 56.9 Å². The fourth-order valence-corrected chi connectivity index (χ4v) is 5.46. The highest BCUT2D eigenvalue weighted by Gasteiger charge is 2.45. The summed E-state index contributed by atoms with van der Waals surface area (Å²) in [5.41, 5.74) is 0.389. The summed E-state index contributed by atoms with van der Waals surface area (Å²) in [4.78, 5) is 18.4. The second-order valence-electron chi connectivity index (χ2n) is 9.49. The molecule has 8 nitrogen and oxygen atoms in total. The van der Waals surface area contributed by atoms with Crippen molar-refractivity contribution in [1.29, 1.82) is 0 Å². The molecule has 0 aliphatic carbocycles. The lowest BCUT2D eigenvalue weighted by Crippen LogP contribution is -2.47. The van der Waals surface area contributed by atoms with Crippen LogP contribution in [0.15, 0.2) is 29.2 Å². The predicted molar refractivity (Wildman–Crippen MR) is 135 cm³/mol. The Hall–Kier alpha value is -2.40. The van der Waals surface area contributed by atoms with Crippen molar-refractivity contribution >= 4 is 35.8 Å². The second-order valence-corrected chi connectivity index (χ2v) is 9.49. The number of pyridine rings is 2. The second kappa shape index (κ2) is 10.5. The Bertz CT molecular complexity index is 1320. The largest absolute Gasteiger partial charge is 0.476 e. The molecule has 0 radical (unpaired) electrons. The highest BCUT2D eigenvalue weighted by Crippen LogP contribution is 2.41. The zero-order valence-electron chi connectivity index (χ0n) is 19.6. The lowest BCUT2D eigenvalue weighted by atomic mass is 9.95. The zero-order valence-corrected chi connectivity index (χ0v) is 21.2. The van der Waals surface area contributed by atoms with Crippen molar-refractivity contribution in [2.45, 2.75) is 50.5 Å². The first-order valence-electron chi connectivity index (χ1n) is 11.8. The molecule has 1 atom stereocenters. The maximum Gasteiger partial charge on any atom is 0.251 e. The molecule has 1 N–H and O–H groups in total. The summed E-state index contributed by atoms with van der Waals surface area (Å²) in [7, 11) is 0. The van der Waals surface area contributed by atoms with Gasteiger partial charge in [-0.1, -0.05) is 0 Å². The van der Waals surface area contributed by atoms with E-state index in [1.807, 2.05) is 4.90 Å². The van der Waals surface area contributed by atoms with Gasteiger partial charge in [0.15, 0.2) is 5.67 Å². The van der Waals surface area contributed by atoms with Gasteiger partial charge in [-0.25, -0.2) is 8.78 Å². The smallest absolute Gasteiger partial charge is 0.251 e. The molecule has 6 heterocycles. The maximum absolute atomic E-state index is 16.2. The first-order valence-corrected chi connectivity index (χ1v) is 11.8. The molecule has 3 aromatic heterocycles. The van der Waals surface area contributed by atoms with Gasteiger partial charge in [0.2, 0.25) is 5.88 Å². The summed E-state index contributed by atoms with van der Waals surface area (Å²) < 4.78 is 37.7. The van der Waals surface area contributed by atoms with E-state index in [1.165, 1.54) is 16.7 Å². The van der Waals surface area contributed by atoms with E-state index in [2.05, 4.69) is 26.6 Å². The Morgan fingerprint density at radius 1 is 1.19 bits per heavy atom. The van der Waals surface area contributed by atoms with E-state index < -0.39 is 11.5 Å². The van der Waals surface area contributed by atoms with Crippen molar-refractivity contribution in [3.8, 4) is 5.88 Å². The van der Waals surface area contributed by atoms with Crippen LogP contribution in [0.4, 0.5) is 8.78 Å². The monoisotopic (exact) mass is 540 g/mol. The number of alkyl halides is 1. The summed E-state index contributed by atoms with van der Waals surface area (Å²) in [6, 6.07) is 5.23. The lowest BCUT2D eigenvalue weighted by molar-refractivity contribution is 0.0636. The van der Waals surface area contributed by atoms with Gasteiger partial charge in [0.05, 0.1) is 41.6 Å². The van der Waals surface area contributed by atoms with Crippen LogP contribution < -0.4 is 15.6 Å². The number of nitrogens with one attached hydrogen (secondary N) is 1. The quantitative estimate of drug-likeness (QED) is 0.532. The number of aromatic nitrogens is 4. The Balaban J connectivity index is 0.00000152. The molecule has 3 aromatic rings. The fraction of sp³-hybridized carbons (Fsp3) is 0.500. The summed E-state index contributed by atoms with van der Waals surface area (Å²) in [6.07, 6.45) is 4.70. The molecule has 1 fully saturated rings. The standard InChI is InChI=1S/C24H26F2N6O2.2ClH/c25-18-12-28-19-3-4-20(33)32-14-24(26,21(18)22(19)32)13-31-7-5-16(6-8-31)27-11-17-10-15-2-1-9-34-23(15)30-29-17;;/h3-4,10,12,16,27H,1-2,5-9,11,13-14H2;2*1H. The zero-order chi connectivity index (χ0) is 23.3. The first kappa shape index (κ1) is 26.7. The highest BCUT2D eigenvalue weighted by molar-refractivity contribution is 5.85. The first-order chi connectivity index (χ1) is 16.5. The van der Waals surface area contributed by atoms with Crippen molar-refractivity contribution in [2.75, 3.05) is 26.2 Å². The maximum atomic E-state index is 16.2. The van der Waals surface area contributed by atoms with Gasteiger partial charge in [-0.05, 0) is 50.9 Å². The van der Waals surface area contributed by atoms with Crippen LogP contribution in [0.2, 0.25) is 0 Å². The van der Waals surface area contributed by atoms with Crippen LogP contribution in [-0.2, 0) is 25.2 Å². The number of piperidine rings is 1. The van der Waals surface area contributed by atoms with Gasteiger partial charge in [-0.3, -0.25) is 14.7 Å². The van der Waals surface area contributed by atoms with E-state index >= 15 is 4.39 Å². The molecular formula is C24H28Cl2F2N6O2. The van der Waals surface area contributed by atoms with Crippen LogP contribution in [0.1, 0.15) is 36.1 Å². The molecule has 0 saturated carbocycles. The van der Waals surface area contributed by atoms with Crippen LogP contribution in [0.25, 0.3) is 11.0 Å². The Kier molecular flexibility index (Phi) is 7.80. The number of nitrogens with zero attached hydrogens (tertiary/aromatic N) is 5. The van der Waals surface area contributed by atoms with Gasteiger partial charge in [0.1, 0.15) is 5.82 Å². The van der Waals surface area contributed by atoms with Gasteiger partial charge in [-0.2, -0.15) is 5.10 Å². The van der Waals surface area contributed by atoms with Gasteiger partial charge in [0.25, 0.3) is 5.56 Å². The summed E-state index contributed by atoms with van der Waals surface area (Å²) in [6.45, 7) is 2.56. The summed E-state index contributed by atoms with van der Waals surface area (Å²) >= 11 is 0. The van der Waals surface area contributed by atoms with E-state index in [0.29, 0.717) is 37.6 Å². The molecule has 0 spiro atoms. The van der Waals surface area contributed by atoms with Gasteiger partial charge < -0.3 is 14.6 Å². The number of aryl methyl sites for hydroxylation is 1. The average Bonchev–Trinajstić information content (AvgIpc) is 3.17. The minimum Gasteiger partial charge on any atom is -0.476 e. The third kappa shape index (κ3) is 4.79. The predicted octanol–water partition coefficient (Wildman–Crippen LogP) is 2.93. The minimum atomic E-state index is -1.96. The van der Waals surface area contributed by atoms with Crippen molar-refractivity contribution in [2.24, 2.45) is 0 Å². The molecule has 36 heavy (non-hydrogen) atoms. The number of fused-ring (bicyclic) bond motifs is 1. The van der Waals surface area contributed by atoms with E-state index in [9.17, 15) is 9.18 Å². The van der Waals surface area contributed by atoms with Crippen LogP contribution in [0.5, 0.6) is 5.88 Å². The third-order valence-corrected chi connectivity index (χ3v) is 7.16. The van der Waals surface area contributed by atoms with Gasteiger partial charge >= 0.3 is 0 Å². The van der Waals surface area contributed by atoms with Crippen molar-refractivity contribution in [3.63, 3.8) is 0 Å². The van der Waals surface area contributed by atoms with Crippen LogP contribution >= 0.6 is 24.8 Å². The summed E-state index contributed by atoms with van der Waals surface area (Å²) in [5, 5.41) is 12.0. The molecule has 194 valence electrons. The number of hydrogen-bond acceptors (Lipinski definition) is 7. The van der Waals surface area contributed by atoms with E-state index in [-0.39, 0.29) is 60.6 Å². The van der Waals surface area contributed by atoms with Gasteiger partial charge in [-0.15, -0.1) is 29.9 Å². The topological polar surface area (TPSA) is 85.2 Å². The van der Waals surface area contributed by atoms with E-state index in [1.54, 1.807) is 0 Å². The van der Waals surface area contributed by atoms with Crippen LogP contribution in [0.3, 0.4) is 0 Å². The Morgan fingerprint density at radius 3 is 2.81 bits per heavy atom. The highest BCUT2D eigenvalue weighted by atomic mass is 35.5. The molecule has 1 saturated heterocycles. The Labute approximate surface area is 219 Å². The normalized spacial score (nSPS) is 21.4.